The second kappa shape index (κ2) is 11.3. The van der Waals surface area contributed by atoms with Gasteiger partial charge in [-0.05, 0) is 50.2 Å². The average Bonchev–Trinajstić information content (AvgIpc) is 3.48. The summed E-state index contributed by atoms with van der Waals surface area (Å²) < 4.78 is 4.81. The monoisotopic (exact) mass is 540 g/mol. The minimum absolute atomic E-state index is 0.0300. The third-order valence-corrected chi connectivity index (χ3v) is 10.7. The van der Waals surface area contributed by atoms with E-state index in [1.165, 1.54) is 0 Å². The largest absolute Gasteiger partial charge is 0.465 e. The molecule has 3 saturated heterocycles. The number of aliphatic hydroxyl groups excluding tert-OH is 1. The maximum Gasteiger partial charge on any atom is 0.310 e. The summed E-state index contributed by atoms with van der Waals surface area (Å²) in [7, 11) is 0. The third-order valence-electron chi connectivity index (χ3n) is 8.62. The lowest BCUT2D eigenvalue weighted by molar-refractivity contribution is -0.154. The topological polar surface area (TPSA) is 87.2 Å². The number of benzene rings is 1. The molecule has 3 heterocycles. The molecule has 1 aromatic carbocycles. The summed E-state index contributed by atoms with van der Waals surface area (Å²) in [5, 5.41) is 10.2. The Labute approximate surface area is 230 Å². The third kappa shape index (κ3) is 4.30. The molecule has 3 unspecified atom stereocenters. The van der Waals surface area contributed by atoms with Gasteiger partial charge in [-0.3, -0.25) is 14.4 Å². The molecule has 7 atom stereocenters. The number of ether oxygens (including phenoxy) is 1. The van der Waals surface area contributed by atoms with Gasteiger partial charge in [0.15, 0.2) is 0 Å². The van der Waals surface area contributed by atoms with Crippen molar-refractivity contribution >= 4 is 35.2 Å². The highest BCUT2D eigenvalue weighted by atomic mass is 32.2. The molecule has 1 aromatic rings. The van der Waals surface area contributed by atoms with Gasteiger partial charge in [-0.15, -0.1) is 24.9 Å². The van der Waals surface area contributed by atoms with Crippen molar-refractivity contribution in [2.24, 2.45) is 17.8 Å². The lowest BCUT2D eigenvalue weighted by Gasteiger charge is -2.42. The molecule has 1 N–H and O–H groups in total. The number of rotatable bonds is 11. The summed E-state index contributed by atoms with van der Waals surface area (Å²) >= 11 is 1.62. The second-order valence-corrected chi connectivity index (χ2v) is 12.3. The lowest BCUT2D eigenvalue weighted by Crippen LogP contribution is -2.59. The summed E-state index contributed by atoms with van der Waals surface area (Å²) in [6.45, 7) is 15.8. The number of aryl methyl sites for hydroxylation is 2. The Morgan fingerprint density at radius 2 is 1.97 bits per heavy atom. The van der Waals surface area contributed by atoms with Gasteiger partial charge in [0.05, 0.1) is 35.8 Å². The number of thioether (sulfide) groups is 1. The van der Waals surface area contributed by atoms with E-state index in [2.05, 4.69) is 20.1 Å². The van der Waals surface area contributed by atoms with Crippen LogP contribution in [0.2, 0.25) is 0 Å². The molecule has 7 nitrogen and oxygen atoms in total. The first-order chi connectivity index (χ1) is 18.2. The zero-order valence-corrected chi connectivity index (χ0v) is 23.7. The number of para-hydroxylation sites is 1. The Balaban J connectivity index is 1.84. The molecule has 0 aliphatic carbocycles. The fourth-order valence-electron chi connectivity index (χ4n) is 6.95. The molecule has 0 saturated carbocycles. The van der Waals surface area contributed by atoms with Crippen molar-refractivity contribution < 1.29 is 24.2 Å². The van der Waals surface area contributed by atoms with Crippen molar-refractivity contribution in [3.8, 4) is 0 Å². The van der Waals surface area contributed by atoms with Crippen LogP contribution in [0.4, 0.5) is 5.69 Å². The van der Waals surface area contributed by atoms with E-state index in [1.54, 1.807) is 33.7 Å². The molecule has 3 aliphatic heterocycles. The first-order valence-electron chi connectivity index (χ1n) is 13.6. The summed E-state index contributed by atoms with van der Waals surface area (Å²) in [6.07, 6.45) is 5.16. The summed E-state index contributed by atoms with van der Waals surface area (Å²) in [5.74, 6) is -2.04. The number of esters is 1. The van der Waals surface area contributed by atoms with Crippen molar-refractivity contribution in [3.05, 3.63) is 54.6 Å². The Morgan fingerprint density at radius 1 is 1.29 bits per heavy atom. The van der Waals surface area contributed by atoms with Crippen LogP contribution in [0, 0.1) is 31.6 Å². The Morgan fingerprint density at radius 3 is 2.55 bits per heavy atom. The van der Waals surface area contributed by atoms with Crippen LogP contribution in [0.1, 0.15) is 44.2 Å². The maximum atomic E-state index is 14.8. The van der Waals surface area contributed by atoms with Gasteiger partial charge in [0.25, 0.3) is 5.91 Å². The molecule has 1 spiro atoms. The number of carbonyl (C=O) groups is 3. The highest BCUT2D eigenvalue weighted by molar-refractivity contribution is 8.02. The van der Waals surface area contributed by atoms with Gasteiger partial charge in [-0.25, -0.2) is 0 Å². The van der Waals surface area contributed by atoms with E-state index in [9.17, 15) is 19.5 Å². The van der Waals surface area contributed by atoms with Gasteiger partial charge in [0.1, 0.15) is 6.04 Å². The fraction of sp³-hybridized carbons (Fsp3) is 0.567. The molecule has 8 heteroatoms. The van der Waals surface area contributed by atoms with Crippen LogP contribution < -0.4 is 4.90 Å². The standard InChI is InChI=1S/C30H40N2O5S/c1-7-10-15-37-29(36)23-22-16-20(6)30(38-22)24(23)27(34)32(21(9-3)17-33)26(30)28(35)31(14-8-2)25-18(4)12-11-13-19(25)5/h7-8,11-13,20-24,26,33H,1-2,9-10,14-17H2,3-6H3/t20?,21-,22-,23+,24-,26?,30?/m0/s1. The number of aliphatic hydroxyl groups is 1. The normalized spacial score (nSPS) is 30.2. The van der Waals surface area contributed by atoms with Crippen LogP contribution in [0.5, 0.6) is 0 Å². The minimum Gasteiger partial charge on any atom is -0.465 e. The van der Waals surface area contributed by atoms with Gasteiger partial charge < -0.3 is 19.6 Å². The van der Waals surface area contributed by atoms with E-state index in [0.29, 0.717) is 12.8 Å². The van der Waals surface area contributed by atoms with Gasteiger partial charge in [-0.1, -0.05) is 44.2 Å². The van der Waals surface area contributed by atoms with Crippen molar-refractivity contribution in [2.75, 3.05) is 24.7 Å². The predicted octanol–water partition coefficient (Wildman–Crippen LogP) is 4.05. The van der Waals surface area contributed by atoms with Crippen molar-refractivity contribution in [2.45, 2.75) is 69.0 Å². The van der Waals surface area contributed by atoms with E-state index in [4.69, 9.17) is 4.74 Å². The van der Waals surface area contributed by atoms with Crippen molar-refractivity contribution in [1.29, 1.82) is 0 Å². The molecule has 0 aromatic heterocycles. The van der Waals surface area contributed by atoms with Gasteiger partial charge in [0.2, 0.25) is 5.91 Å². The first kappa shape index (κ1) is 28.4. The van der Waals surface area contributed by atoms with E-state index in [0.717, 1.165) is 23.2 Å². The zero-order valence-electron chi connectivity index (χ0n) is 22.9. The van der Waals surface area contributed by atoms with E-state index in [1.807, 2.05) is 39.0 Å². The number of likely N-dealkylation sites (tertiary alicyclic amines) is 1. The minimum atomic E-state index is -0.813. The van der Waals surface area contributed by atoms with E-state index in [-0.39, 0.29) is 48.7 Å². The lowest BCUT2D eigenvalue weighted by atomic mass is 9.66. The Kier molecular flexibility index (Phi) is 8.43. The second-order valence-electron chi connectivity index (χ2n) is 10.8. The van der Waals surface area contributed by atoms with Crippen LogP contribution in [-0.4, -0.2) is 69.6 Å². The van der Waals surface area contributed by atoms with Crippen molar-refractivity contribution in [3.63, 3.8) is 0 Å². The summed E-state index contributed by atoms with van der Waals surface area (Å²) in [6, 6.07) is 4.57. The zero-order chi connectivity index (χ0) is 27.8. The molecule has 3 aliphatic rings. The molecule has 38 heavy (non-hydrogen) atoms. The highest BCUT2D eigenvalue weighted by Crippen LogP contribution is 2.69. The Bertz CT molecular complexity index is 1100. The number of anilines is 1. The number of hydrogen-bond acceptors (Lipinski definition) is 6. The molecular weight excluding hydrogens is 500 g/mol. The van der Waals surface area contributed by atoms with Crippen LogP contribution in [0.25, 0.3) is 0 Å². The van der Waals surface area contributed by atoms with Crippen molar-refractivity contribution in [1.82, 2.24) is 4.90 Å². The van der Waals surface area contributed by atoms with E-state index >= 15 is 0 Å². The smallest absolute Gasteiger partial charge is 0.310 e. The fourth-order valence-corrected chi connectivity index (χ4v) is 9.34. The first-order valence-corrected chi connectivity index (χ1v) is 14.4. The van der Waals surface area contributed by atoms with Crippen LogP contribution in [-0.2, 0) is 19.1 Å². The predicted molar refractivity (Wildman–Crippen MR) is 151 cm³/mol. The summed E-state index contributed by atoms with van der Waals surface area (Å²) in [5.41, 5.74) is 2.73. The van der Waals surface area contributed by atoms with Gasteiger partial charge in [-0.2, -0.15) is 0 Å². The molecule has 2 bridgehead atoms. The number of carbonyl (C=O) groups excluding carboxylic acids is 3. The number of amides is 2. The summed E-state index contributed by atoms with van der Waals surface area (Å²) in [4.78, 5) is 45.7. The van der Waals surface area contributed by atoms with Crippen LogP contribution in [0.3, 0.4) is 0 Å². The maximum absolute atomic E-state index is 14.8. The SMILES string of the molecule is C=CCCOC(=O)[C@@H]1[C@@H]2CC(C)C3(S2)C(C(=O)N(CC=C)c2c(C)cccc2C)N([C@@H](CC)CO)C(=O)[C@H]13. The molecule has 206 valence electrons. The quantitative estimate of drug-likeness (QED) is 0.259. The average molecular weight is 541 g/mol. The number of nitrogens with zero attached hydrogens (tertiary/aromatic N) is 2. The van der Waals surface area contributed by atoms with Crippen LogP contribution >= 0.6 is 11.8 Å². The van der Waals surface area contributed by atoms with E-state index < -0.39 is 28.7 Å². The molecular formula is C30H40N2O5S. The molecule has 3 fully saturated rings. The van der Waals surface area contributed by atoms with Gasteiger partial charge in [0, 0.05) is 17.5 Å². The number of hydrogen-bond donors (Lipinski definition) is 1. The van der Waals surface area contributed by atoms with Crippen LogP contribution in [0.15, 0.2) is 43.5 Å². The van der Waals surface area contributed by atoms with Gasteiger partial charge >= 0.3 is 5.97 Å². The highest BCUT2D eigenvalue weighted by Gasteiger charge is 2.77. The molecule has 0 radical (unpaired) electrons. The molecule has 2 amide bonds. The Hall–Kier alpha value is -2.58. The number of fused-ring (bicyclic) bond motifs is 1. The molecule has 4 rings (SSSR count).